The molecule has 18 heavy (non-hydrogen) atoms. The second kappa shape index (κ2) is 7.02. The maximum Gasteiger partial charge on any atom is 0.522 e. The number of hydrogen-bond donors (Lipinski definition) is 0. The van der Waals surface area contributed by atoms with Gasteiger partial charge in [0.25, 0.3) is 6.17 Å². The first-order chi connectivity index (χ1) is 7.78. The third kappa shape index (κ3) is 9.33. The summed E-state index contributed by atoms with van der Waals surface area (Å²) in [6.45, 7) is 0.969. The summed E-state index contributed by atoms with van der Waals surface area (Å²) in [5, 5.41) is 0. The summed E-state index contributed by atoms with van der Waals surface area (Å²) >= 11 is 0. The van der Waals surface area contributed by atoms with Crippen molar-refractivity contribution in [2.45, 2.75) is 31.7 Å². The van der Waals surface area contributed by atoms with Gasteiger partial charge in [-0.05, 0) is 6.92 Å². The van der Waals surface area contributed by atoms with Gasteiger partial charge < -0.3 is 4.74 Å². The lowest BCUT2D eigenvalue weighted by Crippen LogP contribution is -2.42. The topological polar surface area (TPSA) is 18.5 Å². The van der Waals surface area contributed by atoms with Crippen LogP contribution < -0.4 is 0 Å². The van der Waals surface area contributed by atoms with E-state index in [1.54, 1.807) is 0 Å². The summed E-state index contributed by atoms with van der Waals surface area (Å²) in [5.41, 5.74) is 0. The molecule has 112 valence electrons. The van der Waals surface area contributed by atoms with Crippen molar-refractivity contribution >= 4 is 0 Å². The summed E-state index contributed by atoms with van der Waals surface area (Å²) in [7, 11) is 0.290. The fourth-order valence-corrected chi connectivity index (χ4v) is 0.458. The van der Waals surface area contributed by atoms with Crippen molar-refractivity contribution in [2.24, 2.45) is 0 Å². The Bertz CT molecular complexity index is 222. The second-order valence-electron chi connectivity index (χ2n) is 2.55. The summed E-state index contributed by atoms with van der Waals surface area (Å²) in [4.78, 5) is 0. The van der Waals surface area contributed by atoms with Crippen LogP contribution in [0.1, 0.15) is 6.92 Å². The van der Waals surface area contributed by atoms with Crippen molar-refractivity contribution in [1.29, 1.82) is 0 Å². The first-order valence-corrected chi connectivity index (χ1v) is 4.12. The first-order valence-electron chi connectivity index (χ1n) is 4.12. The number of alkyl halides is 9. The van der Waals surface area contributed by atoms with E-state index in [4.69, 9.17) is 0 Å². The van der Waals surface area contributed by atoms with E-state index in [0.717, 1.165) is 0 Å². The number of halogens is 9. The van der Waals surface area contributed by atoms with Crippen molar-refractivity contribution in [1.82, 2.24) is 0 Å². The highest BCUT2D eigenvalue weighted by atomic mass is 19.4. The molecule has 1 unspecified atom stereocenters. The van der Waals surface area contributed by atoms with Gasteiger partial charge in [0.15, 0.2) is 0 Å². The number of methoxy groups -OCH3 is 1. The zero-order chi connectivity index (χ0) is 15.2. The maximum absolute atomic E-state index is 11.7. The van der Waals surface area contributed by atoms with Crippen LogP contribution >= 0.6 is 0 Å². The van der Waals surface area contributed by atoms with Crippen LogP contribution in [0.3, 0.4) is 0 Å². The Kier molecular flexibility index (Phi) is 7.66. The van der Waals surface area contributed by atoms with Gasteiger partial charge in [-0.25, -0.2) is 4.39 Å². The van der Waals surface area contributed by atoms with Crippen molar-refractivity contribution < 1.29 is 49.0 Å². The monoisotopic (exact) mass is 296 g/mol. The van der Waals surface area contributed by atoms with Crippen LogP contribution in [0.15, 0.2) is 0 Å². The van der Waals surface area contributed by atoms with E-state index >= 15 is 0 Å². The highest BCUT2D eigenvalue weighted by Crippen LogP contribution is 2.34. The fraction of sp³-hybridized carbons (Fsp3) is 1.00. The lowest BCUT2D eigenvalue weighted by Gasteiger charge is -2.20. The molecule has 0 fully saturated rings. The third-order valence-corrected chi connectivity index (χ3v) is 1.16. The Labute approximate surface area is 95.7 Å². The molecule has 0 saturated heterocycles. The van der Waals surface area contributed by atoms with E-state index in [9.17, 15) is 39.5 Å². The molecule has 0 bridgehead atoms. The van der Waals surface area contributed by atoms with Gasteiger partial charge in [-0.2, -0.15) is 22.0 Å². The summed E-state index contributed by atoms with van der Waals surface area (Å²) in [6.07, 6.45) is -19.1. The fourth-order valence-electron chi connectivity index (χ4n) is 0.458. The molecule has 2 nitrogen and oxygen atoms in total. The number of rotatable bonds is 3. The summed E-state index contributed by atoms with van der Waals surface area (Å²) in [5.74, 6) is 0. The van der Waals surface area contributed by atoms with E-state index in [1.807, 2.05) is 0 Å². The molecule has 0 aromatic rings. The molecule has 0 aromatic carbocycles. The summed E-state index contributed by atoms with van der Waals surface area (Å²) in [6, 6.07) is 0. The Hall–Kier alpha value is -0.710. The smallest absolute Gasteiger partial charge is 0.321 e. The van der Waals surface area contributed by atoms with Gasteiger partial charge in [-0.1, -0.05) is 0 Å². The Morgan fingerprint density at radius 3 is 1.39 bits per heavy atom. The van der Waals surface area contributed by atoms with E-state index < -0.39 is 24.8 Å². The molecule has 0 heterocycles. The predicted octanol–water partition coefficient (Wildman–Crippen LogP) is 3.67. The second-order valence-corrected chi connectivity index (χ2v) is 2.55. The van der Waals surface area contributed by atoms with Crippen molar-refractivity contribution in [3.8, 4) is 0 Å². The van der Waals surface area contributed by atoms with Crippen molar-refractivity contribution in [3.05, 3.63) is 0 Å². The maximum atomic E-state index is 11.7. The van der Waals surface area contributed by atoms with E-state index in [0.29, 0.717) is 0 Å². The van der Waals surface area contributed by atoms with Crippen LogP contribution in [0.5, 0.6) is 0 Å². The molecule has 0 aliphatic heterocycles. The molecule has 0 rings (SSSR count). The molecule has 0 aliphatic rings. The average molecular weight is 296 g/mol. The van der Waals surface area contributed by atoms with Crippen LogP contribution in [0.25, 0.3) is 0 Å². The SMILES string of the molecule is CCOC(F)(F)F.COC(F)(F)C(F)C(F)(F)F. The lowest BCUT2D eigenvalue weighted by molar-refractivity contribution is -0.327. The minimum atomic E-state index is -5.60. The summed E-state index contributed by atoms with van der Waals surface area (Å²) < 4.78 is 107. The van der Waals surface area contributed by atoms with Crippen molar-refractivity contribution in [2.75, 3.05) is 13.7 Å². The van der Waals surface area contributed by atoms with E-state index in [2.05, 4.69) is 9.47 Å². The molecule has 0 aliphatic carbocycles. The first kappa shape index (κ1) is 19.6. The standard InChI is InChI=1S/C4H4F6O.C3H5F3O/c1-11-4(9,10)2(5)3(6,7)8;1-2-7-3(4,5)6/h2H,1H3;2H2,1H3. The van der Waals surface area contributed by atoms with Crippen LogP contribution in [0, 0.1) is 0 Å². The van der Waals surface area contributed by atoms with Crippen LogP contribution in [0.2, 0.25) is 0 Å². The molecule has 1 atom stereocenters. The Balaban J connectivity index is 0. The Morgan fingerprint density at radius 2 is 1.33 bits per heavy atom. The molecule has 0 spiro atoms. The van der Waals surface area contributed by atoms with Gasteiger partial charge in [0.2, 0.25) is 0 Å². The van der Waals surface area contributed by atoms with Gasteiger partial charge in [-0.3, -0.25) is 4.74 Å². The van der Waals surface area contributed by atoms with Gasteiger partial charge in [0.05, 0.1) is 6.61 Å². The van der Waals surface area contributed by atoms with E-state index in [1.165, 1.54) is 6.92 Å². The molecule has 0 saturated carbocycles. The highest BCUT2D eigenvalue weighted by Gasteiger charge is 2.57. The number of ether oxygens (including phenoxy) is 2. The zero-order valence-corrected chi connectivity index (χ0v) is 9.00. The molecular formula is C7H9F9O2. The molecular weight excluding hydrogens is 287 g/mol. The minimum absolute atomic E-state index is 0.290. The lowest BCUT2D eigenvalue weighted by atomic mass is 10.3. The Morgan fingerprint density at radius 1 is 0.944 bits per heavy atom. The van der Waals surface area contributed by atoms with Crippen LogP contribution in [-0.4, -0.2) is 38.5 Å². The van der Waals surface area contributed by atoms with Gasteiger partial charge >= 0.3 is 18.6 Å². The average Bonchev–Trinajstić information content (AvgIpc) is 2.14. The molecule has 0 amide bonds. The quantitative estimate of drug-likeness (QED) is 0.740. The van der Waals surface area contributed by atoms with E-state index in [-0.39, 0.29) is 13.7 Å². The molecule has 0 aromatic heterocycles. The normalized spacial score (nSPS) is 14.8. The minimum Gasteiger partial charge on any atom is -0.321 e. The largest absolute Gasteiger partial charge is 0.522 e. The number of hydrogen-bond acceptors (Lipinski definition) is 2. The predicted molar refractivity (Wildman–Crippen MR) is 40.6 cm³/mol. The van der Waals surface area contributed by atoms with Crippen molar-refractivity contribution in [3.63, 3.8) is 0 Å². The highest BCUT2D eigenvalue weighted by molar-refractivity contribution is 4.74. The molecule has 11 heteroatoms. The van der Waals surface area contributed by atoms with Gasteiger partial charge in [0.1, 0.15) is 0 Å². The van der Waals surface area contributed by atoms with Crippen LogP contribution in [0.4, 0.5) is 39.5 Å². The molecule has 0 N–H and O–H groups in total. The van der Waals surface area contributed by atoms with Gasteiger partial charge in [-0.15, -0.1) is 13.2 Å². The van der Waals surface area contributed by atoms with Crippen LogP contribution in [-0.2, 0) is 9.47 Å². The zero-order valence-electron chi connectivity index (χ0n) is 9.00. The third-order valence-electron chi connectivity index (χ3n) is 1.16. The van der Waals surface area contributed by atoms with Gasteiger partial charge in [0, 0.05) is 7.11 Å². The molecule has 0 radical (unpaired) electrons.